The number of aryl methyl sites for hydroxylation is 1. The van der Waals surface area contributed by atoms with Crippen LogP contribution in [0.5, 0.6) is 5.75 Å². The first-order chi connectivity index (χ1) is 17.5. The number of hydrogen-bond donors (Lipinski definition) is 3. The maximum absolute atomic E-state index is 13.7. The predicted molar refractivity (Wildman–Crippen MR) is 126 cm³/mol. The van der Waals surface area contributed by atoms with Gasteiger partial charge in [0.2, 0.25) is 11.7 Å². The third kappa shape index (κ3) is 4.72. The molecular weight excluding hydrogens is 495 g/mol. The van der Waals surface area contributed by atoms with Crippen LogP contribution in [0.4, 0.5) is 30.5 Å². The molecule has 1 aliphatic carbocycles. The normalized spacial score (nSPS) is 18.9. The molecule has 2 amide bonds. The van der Waals surface area contributed by atoms with Gasteiger partial charge in [0.25, 0.3) is 11.5 Å². The predicted octanol–water partition coefficient (Wildman–Crippen LogP) is 2.10. The number of aromatic nitrogens is 3. The van der Waals surface area contributed by atoms with Gasteiger partial charge in [-0.2, -0.15) is 13.2 Å². The second-order valence-corrected chi connectivity index (χ2v) is 9.60. The Bertz CT molecular complexity index is 1310. The second-order valence-electron chi connectivity index (χ2n) is 9.60. The van der Waals surface area contributed by atoms with Crippen molar-refractivity contribution in [2.24, 2.45) is 5.92 Å². The van der Waals surface area contributed by atoms with Crippen molar-refractivity contribution in [1.82, 2.24) is 24.8 Å². The molecule has 37 heavy (non-hydrogen) atoms. The number of likely N-dealkylation sites (tertiary alicyclic amines) is 1. The number of nitrogens with zero attached hydrogens (tertiary/aromatic N) is 4. The topological polar surface area (TPSA) is 130 Å². The highest BCUT2D eigenvalue weighted by atomic mass is 19.4. The minimum Gasteiger partial charge on any atom is -0.490 e. The molecule has 0 aromatic carbocycles. The zero-order valence-electron chi connectivity index (χ0n) is 20.2. The lowest BCUT2D eigenvalue weighted by Crippen LogP contribution is -2.55. The van der Waals surface area contributed by atoms with Gasteiger partial charge >= 0.3 is 6.18 Å². The summed E-state index contributed by atoms with van der Waals surface area (Å²) >= 11 is 0. The number of alkyl halides is 3. The van der Waals surface area contributed by atoms with Gasteiger partial charge in [0, 0.05) is 31.8 Å². The lowest BCUT2D eigenvalue weighted by molar-refractivity contribution is -0.150. The maximum atomic E-state index is 13.7. The van der Waals surface area contributed by atoms with E-state index in [0.29, 0.717) is 5.56 Å². The first kappa shape index (κ1) is 25.0. The first-order valence-electron chi connectivity index (χ1n) is 11.9. The van der Waals surface area contributed by atoms with Gasteiger partial charge in [0.1, 0.15) is 23.4 Å². The molecule has 198 valence electrons. The molecule has 3 N–H and O–H groups in total. The number of fused-ring (bicyclic) bond motifs is 2. The third-order valence-electron chi connectivity index (χ3n) is 6.92. The van der Waals surface area contributed by atoms with Crippen LogP contribution in [0.25, 0.3) is 0 Å². The quantitative estimate of drug-likeness (QED) is 0.527. The molecule has 2 fully saturated rings. The number of ether oxygens (including phenoxy) is 1. The van der Waals surface area contributed by atoms with Gasteiger partial charge in [-0.15, -0.1) is 0 Å². The molecule has 2 aliphatic heterocycles. The molecule has 11 nitrogen and oxygen atoms in total. The van der Waals surface area contributed by atoms with Crippen molar-refractivity contribution in [2.45, 2.75) is 44.4 Å². The number of halogens is 3. The molecular formula is C23H26F3N7O4. The van der Waals surface area contributed by atoms with Crippen molar-refractivity contribution >= 4 is 29.1 Å². The summed E-state index contributed by atoms with van der Waals surface area (Å²) in [5.41, 5.74) is -0.900. The van der Waals surface area contributed by atoms with Crippen molar-refractivity contribution in [3.63, 3.8) is 0 Å². The van der Waals surface area contributed by atoms with Gasteiger partial charge in [0.05, 0.1) is 13.7 Å². The Balaban J connectivity index is 1.47. The van der Waals surface area contributed by atoms with Crippen LogP contribution in [-0.2, 0) is 10.5 Å². The van der Waals surface area contributed by atoms with Crippen molar-refractivity contribution in [3.05, 3.63) is 34.0 Å². The standard InChI is InChI=1S/C23H26F3N7O4/c1-12-9-14(29-17-16(37-2)18(28-11-27-17)30-19(34)13-3-4-13)21(36)33-15(12)20(35)31-22(33)5-7-32(8-6-22)10-23(24,25)26/h9,11,13H,3-8,10H2,1-2H3,(H,31,35)(H2,27,28,29,30,34). The first-order valence-corrected chi connectivity index (χ1v) is 11.9. The van der Waals surface area contributed by atoms with Crippen molar-refractivity contribution in [1.29, 1.82) is 0 Å². The lowest BCUT2D eigenvalue weighted by Gasteiger charge is -2.40. The van der Waals surface area contributed by atoms with Crippen LogP contribution >= 0.6 is 0 Å². The van der Waals surface area contributed by atoms with Crippen LogP contribution in [0.1, 0.15) is 41.7 Å². The van der Waals surface area contributed by atoms with Gasteiger partial charge in [-0.05, 0) is 31.4 Å². The van der Waals surface area contributed by atoms with Crippen LogP contribution in [-0.4, -0.2) is 64.2 Å². The fraction of sp³-hybridized carbons (Fsp3) is 0.522. The summed E-state index contributed by atoms with van der Waals surface area (Å²) in [7, 11) is 1.38. The highest BCUT2D eigenvalue weighted by Gasteiger charge is 2.47. The molecule has 1 saturated heterocycles. The number of amides is 2. The Morgan fingerprint density at radius 1 is 1.22 bits per heavy atom. The molecule has 0 atom stereocenters. The molecule has 0 unspecified atom stereocenters. The maximum Gasteiger partial charge on any atom is 0.401 e. The van der Waals surface area contributed by atoms with Crippen LogP contribution in [0.2, 0.25) is 0 Å². The molecule has 5 rings (SSSR count). The minimum atomic E-state index is -4.33. The van der Waals surface area contributed by atoms with Gasteiger partial charge in [-0.25, -0.2) is 9.97 Å². The molecule has 3 aliphatic rings. The highest BCUT2D eigenvalue weighted by molar-refractivity contribution is 5.97. The van der Waals surface area contributed by atoms with Crippen LogP contribution in [0.15, 0.2) is 17.2 Å². The fourth-order valence-corrected chi connectivity index (χ4v) is 4.97. The van der Waals surface area contributed by atoms with E-state index in [1.807, 2.05) is 0 Å². The zero-order chi connectivity index (χ0) is 26.5. The average Bonchev–Trinajstić information content (AvgIpc) is 3.63. The number of anilines is 3. The molecule has 2 aromatic rings. The molecule has 4 heterocycles. The Hall–Kier alpha value is -3.68. The summed E-state index contributed by atoms with van der Waals surface area (Å²) < 4.78 is 45.4. The molecule has 1 saturated carbocycles. The van der Waals surface area contributed by atoms with E-state index in [2.05, 4.69) is 25.9 Å². The zero-order valence-corrected chi connectivity index (χ0v) is 20.2. The summed E-state index contributed by atoms with van der Waals surface area (Å²) in [6.07, 6.45) is -1.23. The molecule has 0 radical (unpaired) electrons. The van der Waals surface area contributed by atoms with Gasteiger partial charge in [0.15, 0.2) is 11.6 Å². The summed E-state index contributed by atoms with van der Waals surface area (Å²) in [4.78, 5) is 48.2. The summed E-state index contributed by atoms with van der Waals surface area (Å²) in [6.45, 7) is 0.747. The molecule has 0 bridgehead atoms. The minimum absolute atomic E-state index is 0.0617. The number of carbonyl (C=O) groups is 2. The Labute approximate surface area is 209 Å². The Morgan fingerprint density at radius 3 is 2.51 bits per heavy atom. The monoisotopic (exact) mass is 521 g/mol. The van der Waals surface area contributed by atoms with E-state index in [9.17, 15) is 27.6 Å². The van der Waals surface area contributed by atoms with Crippen molar-refractivity contribution < 1.29 is 27.5 Å². The number of nitrogens with one attached hydrogen (secondary N) is 3. The largest absolute Gasteiger partial charge is 0.490 e. The van der Waals surface area contributed by atoms with Crippen molar-refractivity contribution in [3.8, 4) is 5.75 Å². The molecule has 2 aromatic heterocycles. The van der Waals surface area contributed by atoms with Gasteiger partial charge in [-0.1, -0.05) is 0 Å². The summed E-state index contributed by atoms with van der Waals surface area (Å²) in [5.74, 6) is -0.283. The van der Waals surface area contributed by atoms with E-state index < -0.39 is 29.9 Å². The molecule has 14 heteroatoms. The van der Waals surface area contributed by atoms with Crippen molar-refractivity contribution in [2.75, 3.05) is 37.4 Å². The van der Waals surface area contributed by atoms with E-state index in [-0.39, 0.29) is 66.5 Å². The summed E-state index contributed by atoms with van der Waals surface area (Å²) in [5, 5.41) is 8.50. The number of methoxy groups -OCH3 is 1. The van der Waals surface area contributed by atoms with Crippen LogP contribution < -0.4 is 26.2 Å². The van der Waals surface area contributed by atoms with E-state index in [4.69, 9.17) is 4.74 Å². The Kier molecular flexibility index (Phi) is 6.09. The summed E-state index contributed by atoms with van der Waals surface area (Å²) in [6, 6.07) is 1.51. The number of rotatable bonds is 6. The van der Waals surface area contributed by atoms with E-state index >= 15 is 0 Å². The fourth-order valence-electron chi connectivity index (χ4n) is 4.97. The molecule has 1 spiro atoms. The lowest BCUT2D eigenvalue weighted by atomic mass is 9.96. The third-order valence-corrected chi connectivity index (χ3v) is 6.92. The SMILES string of the molecule is COc1c(NC(=O)C2CC2)ncnc1Nc1cc(C)c2n(c1=O)C1(CCN(CC(F)(F)F)CC1)NC2=O. The van der Waals surface area contributed by atoms with Crippen LogP contribution in [0.3, 0.4) is 0 Å². The van der Waals surface area contributed by atoms with Gasteiger partial charge < -0.3 is 20.7 Å². The van der Waals surface area contributed by atoms with Crippen LogP contribution in [0, 0.1) is 12.8 Å². The smallest absolute Gasteiger partial charge is 0.401 e. The van der Waals surface area contributed by atoms with E-state index in [1.165, 1.54) is 29.0 Å². The van der Waals surface area contributed by atoms with E-state index in [1.54, 1.807) is 6.92 Å². The number of hydrogen-bond acceptors (Lipinski definition) is 8. The highest BCUT2D eigenvalue weighted by Crippen LogP contribution is 2.37. The average molecular weight is 522 g/mol. The number of piperidine rings is 1. The van der Waals surface area contributed by atoms with E-state index in [0.717, 1.165) is 12.8 Å². The number of pyridine rings is 1. The second kappa shape index (κ2) is 9.01. The van der Waals surface area contributed by atoms with Gasteiger partial charge in [-0.3, -0.25) is 23.9 Å². The number of carbonyl (C=O) groups excluding carboxylic acids is 2. The Morgan fingerprint density at radius 2 is 1.89 bits per heavy atom.